The van der Waals surface area contributed by atoms with Crippen LogP contribution in [-0.2, 0) is 9.59 Å². The molecule has 4 atom stereocenters. The van der Waals surface area contributed by atoms with Crippen LogP contribution in [0, 0.1) is 30.6 Å². The molecule has 4 unspecified atom stereocenters. The molecule has 0 N–H and O–H groups in total. The first-order chi connectivity index (χ1) is 11.6. The van der Waals surface area contributed by atoms with Gasteiger partial charge in [0.15, 0.2) is 0 Å². The lowest BCUT2D eigenvalue weighted by atomic mass is 9.63. The molecule has 2 aromatic rings. The van der Waals surface area contributed by atoms with Crippen LogP contribution in [0.25, 0.3) is 10.9 Å². The molecule has 1 saturated carbocycles. The lowest BCUT2D eigenvalue weighted by Gasteiger charge is -2.38. The summed E-state index contributed by atoms with van der Waals surface area (Å²) < 4.78 is 0. The van der Waals surface area contributed by atoms with Crippen molar-refractivity contribution in [2.75, 3.05) is 4.90 Å². The van der Waals surface area contributed by atoms with Crippen molar-refractivity contribution in [2.24, 2.45) is 23.7 Å². The Kier molecular flexibility index (Phi) is 2.76. The van der Waals surface area contributed by atoms with Gasteiger partial charge in [-0.15, -0.1) is 0 Å². The van der Waals surface area contributed by atoms with E-state index in [1.54, 1.807) is 0 Å². The van der Waals surface area contributed by atoms with Gasteiger partial charge in [0.25, 0.3) is 0 Å². The normalized spacial score (nSPS) is 31.1. The van der Waals surface area contributed by atoms with Gasteiger partial charge in [0, 0.05) is 11.1 Å². The number of anilines is 1. The minimum atomic E-state index is -0.179. The molecule has 1 aliphatic heterocycles. The number of hydrogen-bond acceptors (Lipinski definition) is 3. The van der Waals surface area contributed by atoms with E-state index in [0.29, 0.717) is 5.69 Å². The highest BCUT2D eigenvalue weighted by molar-refractivity contribution is 6.25. The number of pyridine rings is 1. The first kappa shape index (κ1) is 13.9. The Morgan fingerprint density at radius 1 is 0.958 bits per heavy atom. The number of rotatable bonds is 1. The van der Waals surface area contributed by atoms with Gasteiger partial charge >= 0.3 is 0 Å². The van der Waals surface area contributed by atoms with E-state index in [1.807, 2.05) is 37.3 Å². The van der Waals surface area contributed by atoms with Gasteiger partial charge in [0.1, 0.15) is 0 Å². The summed E-state index contributed by atoms with van der Waals surface area (Å²) in [6.07, 6.45) is 6.33. The smallest absolute Gasteiger partial charge is 0.238 e. The first-order valence-corrected chi connectivity index (χ1v) is 8.57. The number of carbonyl (C=O) groups excluding carboxylic acids is 2. The van der Waals surface area contributed by atoms with Crippen molar-refractivity contribution in [1.82, 2.24) is 4.98 Å². The van der Waals surface area contributed by atoms with Gasteiger partial charge in [-0.2, -0.15) is 0 Å². The minimum Gasteiger partial charge on any atom is -0.274 e. The van der Waals surface area contributed by atoms with E-state index in [1.165, 1.54) is 4.90 Å². The molecule has 1 saturated heterocycles. The van der Waals surface area contributed by atoms with Gasteiger partial charge in [0.05, 0.1) is 23.0 Å². The Morgan fingerprint density at radius 2 is 1.62 bits per heavy atom. The highest BCUT2D eigenvalue weighted by Gasteiger charge is 2.57. The maximum absolute atomic E-state index is 13.1. The van der Waals surface area contributed by atoms with Crippen molar-refractivity contribution in [1.29, 1.82) is 0 Å². The SMILES string of the molecule is Cc1ccc2cccc(N3C(=O)C4C5C=CC(CC5)C4C3=O)c2n1. The summed E-state index contributed by atoms with van der Waals surface area (Å²) >= 11 is 0. The topological polar surface area (TPSA) is 50.3 Å². The molecule has 4 heteroatoms. The molecule has 0 spiro atoms. The van der Waals surface area contributed by atoms with E-state index in [-0.39, 0.29) is 35.5 Å². The van der Waals surface area contributed by atoms with Gasteiger partial charge in [-0.3, -0.25) is 14.6 Å². The molecule has 2 heterocycles. The largest absolute Gasteiger partial charge is 0.274 e. The molecule has 2 fully saturated rings. The maximum atomic E-state index is 13.1. The first-order valence-electron chi connectivity index (χ1n) is 8.57. The van der Waals surface area contributed by atoms with Crippen molar-refractivity contribution >= 4 is 28.4 Å². The van der Waals surface area contributed by atoms with Crippen LogP contribution < -0.4 is 4.90 Å². The molecule has 4 nitrogen and oxygen atoms in total. The molecule has 2 amide bonds. The van der Waals surface area contributed by atoms with Crippen LogP contribution in [0.2, 0.25) is 0 Å². The summed E-state index contributed by atoms with van der Waals surface area (Å²) in [6.45, 7) is 1.92. The standard InChI is InChI=1S/C20H18N2O2/c1-11-5-6-14-3-2-4-15(18(14)21-11)22-19(23)16-12-7-8-13(10-9-12)17(16)20(22)24/h2-8,12-13,16-17H,9-10H2,1H3. The zero-order valence-electron chi connectivity index (χ0n) is 13.5. The third-order valence-electron chi connectivity index (χ3n) is 5.84. The van der Waals surface area contributed by atoms with E-state index < -0.39 is 0 Å². The number of amides is 2. The lowest BCUT2D eigenvalue weighted by Crippen LogP contribution is -2.38. The van der Waals surface area contributed by atoms with Crippen LogP contribution in [0.15, 0.2) is 42.5 Å². The number of nitrogens with zero attached hydrogens (tertiary/aromatic N) is 2. The number of aryl methyl sites for hydroxylation is 1. The van der Waals surface area contributed by atoms with E-state index in [4.69, 9.17) is 0 Å². The number of hydrogen-bond donors (Lipinski definition) is 0. The third kappa shape index (κ3) is 1.71. The Balaban J connectivity index is 1.67. The average molecular weight is 318 g/mol. The Morgan fingerprint density at radius 3 is 2.25 bits per heavy atom. The van der Waals surface area contributed by atoms with Crippen LogP contribution >= 0.6 is 0 Å². The van der Waals surface area contributed by atoms with E-state index in [2.05, 4.69) is 17.1 Å². The van der Waals surface area contributed by atoms with Crippen molar-refractivity contribution in [2.45, 2.75) is 19.8 Å². The quantitative estimate of drug-likeness (QED) is 0.599. The van der Waals surface area contributed by atoms with E-state index in [9.17, 15) is 9.59 Å². The van der Waals surface area contributed by atoms with E-state index in [0.717, 1.165) is 29.4 Å². The molecule has 6 rings (SSSR count). The number of fused-ring (bicyclic) bond motifs is 2. The lowest BCUT2D eigenvalue weighted by molar-refractivity contribution is -0.124. The van der Waals surface area contributed by atoms with Crippen LogP contribution in [0.1, 0.15) is 18.5 Å². The van der Waals surface area contributed by atoms with Gasteiger partial charge in [-0.1, -0.05) is 30.4 Å². The summed E-state index contributed by atoms with van der Waals surface area (Å²) in [4.78, 5) is 32.2. The zero-order valence-corrected chi connectivity index (χ0v) is 13.5. The molecule has 0 radical (unpaired) electrons. The molecule has 2 bridgehead atoms. The Hall–Kier alpha value is -2.49. The second kappa shape index (κ2) is 4.76. The number of aromatic nitrogens is 1. The predicted molar refractivity (Wildman–Crippen MR) is 91.3 cm³/mol. The monoisotopic (exact) mass is 318 g/mol. The van der Waals surface area contributed by atoms with Gasteiger partial charge in [-0.05, 0) is 43.7 Å². The molecule has 120 valence electrons. The number of allylic oxidation sites excluding steroid dienone is 2. The van der Waals surface area contributed by atoms with Crippen molar-refractivity contribution < 1.29 is 9.59 Å². The van der Waals surface area contributed by atoms with Crippen LogP contribution in [0.3, 0.4) is 0 Å². The van der Waals surface area contributed by atoms with Gasteiger partial charge in [-0.25, -0.2) is 4.90 Å². The molecule has 1 aromatic carbocycles. The van der Waals surface area contributed by atoms with Crippen LogP contribution in [0.5, 0.6) is 0 Å². The predicted octanol–water partition coefficient (Wildman–Crippen LogP) is 3.24. The molecular formula is C20H18N2O2. The fourth-order valence-electron chi connectivity index (χ4n) is 4.72. The minimum absolute atomic E-state index is 0.0418. The van der Waals surface area contributed by atoms with Gasteiger partial charge < -0.3 is 0 Å². The van der Waals surface area contributed by atoms with Crippen LogP contribution in [0.4, 0.5) is 5.69 Å². The number of imide groups is 1. The van der Waals surface area contributed by atoms with E-state index >= 15 is 0 Å². The molecule has 24 heavy (non-hydrogen) atoms. The average Bonchev–Trinajstić information content (AvgIpc) is 2.89. The summed E-state index contributed by atoms with van der Waals surface area (Å²) in [6, 6.07) is 9.64. The Bertz CT molecular complexity index is 885. The second-order valence-electron chi connectivity index (χ2n) is 7.15. The number of benzene rings is 1. The molecular weight excluding hydrogens is 300 g/mol. The molecule has 1 aromatic heterocycles. The fraction of sp³-hybridized carbons (Fsp3) is 0.350. The molecule has 4 aliphatic rings. The number of para-hydroxylation sites is 1. The summed E-state index contributed by atoms with van der Waals surface area (Å²) in [7, 11) is 0. The summed E-state index contributed by atoms with van der Waals surface area (Å²) in [5.41, 5.74) is 2.26. The van der Waals surface area contributed by atoms with Crippen molar-refractivity contribution in [3.05, 3.63) is 48.2 Å². The fourth-order valence-corrected chi connectivity index (χ4v) is 4.72. The highest BCUT2D eigenvalue weighted by atomic mass is 16.2. The van der Waals surface area contributed by atoms with Crippen LogP contribution in [-0.4, -0.2) is 16.8 Å². The summed E-state index contributed by atoms with van der Waals surface area (Å²) in [5, 5.41) is 0.953. The van der Waals surface area contributed by atoms with Crippen molar-refractivity contribution in [3.63, 3.8) is 0 Å². The molecule has 3 aliphatic carbocycles. The van der Waals surface area contributed by atoms with Crippen molar-refractivity contribution in [3.8, 4) is 0 Å². The van der Waals surface area contributed by atoms with Gasteiger partial charge in [0.2, 0.25) is 11.8 Å². The second-order valence-corrected chi connectivity index (χ2v) is 7.15. The highest BCUT2D eigenvalue weighted by Crippen LogP contribution is 2.50. The zero-order chi connectivity index (χ0) is 16.4. The summed E-state index contributed by atoms with van der Waals surface area (Å²) in [5.74, 6) is -0.0143. The third-order valence-corrected chi connectivity index (χ3v) is 5.84. The maximum Gasteiger partial charge on any atom is 0.238 e. The Labute approximate surface area is 140 Å². The number of carbonyl (C=O) groups is 2.